The summed E-state index contributed by atoms with van der Waals surface area (Å²) in [5.41, 5.74) is 3.62. The first kappa shape index (κ1) is 14.5. The Hall–Kier alpha value is -1.90. The minimum atomic E-state index is 0.409. The first-order valence-electron chi connectivity index (χ1n) is 7.25. The second kappa shape index (κ2) is 6.51. The number of hydrogen-bond acceptors (Lipinski definition) is 3. The van der Waals surface area contributed by atoms with Crippen LogP contribution in [0.1, 0.15) is 49.3 Å². The van der Waals surface area contributed by atoms with Crippen LogP contribution in [-0.4, -0.2) is 16.5 Å². The Morgan fingerprint density at radius 2 is 1.80 bits per heavy atom. The van der Waals surface area contributed by atoms with Gasteiger partial charge in [0.25, 0.3) is 0 Å². The van der Waals surface area contributed by atoms with Gasteiger partial charge in [0.15, 0.2) is 0 Å². The van der Waals surface area contributed by atoms with Gasteiger partial charge in [0.1, 0.15) is 11.6 Å². The molecule has 1 aromatic carbocycles. The second-order valence-corrected chi connectivity index (χ2v) is 5.44. The van der Waals surface area contributed by atoms with E-state index in [0.717, 1.165) is 30.3 Å². The third kappa shape index (κ3) is 3.80. The summed E-state index contributed by atoms with van der Waals surface area (Å²) in [6, 6.07) is 10.6. The van der Waals surface area contributed by atoms with Gasteiger partial charge in [0.05, 0.1) is 0 Å². The molecule has 0 saturated carbocycles. The molecule has 0 spiro atoms. The predicted molar refractivity (Wildman–Crippen MR) is 84.3 cm³/mol. The van der Waals surface area contributed by atoms with Crippen LogP contribution in [0.3, 0.4) is 0 Å². The Labute approximate surface area is 121 Å². The summed E-state index contributed by atoms with van der Waals surface area (Å²) in [6.45, 7) is 9.37. The van der Waals surface area contributed by atoms with E-state index >= 15 is 0 Å². The Bertz CT molecular complexity index is 559. The van der Waals surface area contributed by atoms with Crippen LogP contribution in [0.15, 0.2) is 30.3 Å². The molecule has 2 rings (SSSR count). The summed E-state index contributed by atoms with van der Waals surface area (Å²) in [4.78, 5) is 9.28. The van der Waals surface area contributed by atoms with Gasteiger partial charge in [-0.25, -0.2) is 9.97 Å². The van der Waals surface area contributed by atoms with Gasteiger partial charge in [-0.2, -0.15) is 0 Å². The van der Waals surface area contributed by atoms with Crippen molar-refractivity contribution in [1.29, 1.82) is 0 Å². The average molecular weight is 269 g/mol. The minimum absolute atomic E-state index is 0.409. The summed E-state index contributed by atoms with van der Waals surface area (Å²) in [5.74, 6) is 2.22. The van der Waals surface area contributed by atoms with Crippen LogP contribution in [0.25, 0.3) is 0 Å². The van der Waals surface area contributed by atoms with Crippen molar-refractivity contribution in [3.05, 3.63) is 53.0 Å². The summed E-state index contributed by atoms with van der Waals surface area (Å²) in [7, 11) is 0. The van der Waals surface area contributed by atoms with Crippen LogP contribution in [0.5, 0.6) is 0 Å². The fourth-order valence-electron chi connectivity index (χ4n) is 2.05. The highest BCUT2D eigenvalue weighted by Gasteiger charge is 2.08. The molecule has 2 aromatic rings. The molecule has 0 amide bonds. The number of anilines is 1. The van der Waals surface area contributed by atoms with Crippen molar-refractivity contribution >= 4 is 5.82 Å². The lowest BCUT2D eigenvalue weighted by atomic mass is 10.1. The van der Waals surface area contributed by atoms with Crippen LogP contribution >= 0.6 is 0 Å². The van der Waals surface area contributed by atoms with Crippen LogP contribution in [-0.2, 0) is 6.42 Å². The molecule has 0 aliphatic rings. The monoisotopic (exact) mass is 269 g/mol. The van der Waals surface area contributed by atoms with E-state index in [0.29, 0.717) is 5.92 Å². The van der Waals surface area contributed by atoms with E-state index in [4.69, 9.17) is 0 Å². The molecule has 20 heavy (non-hydrogen) atoms. The fraction of sp³-hybridized carbons (Fsp3) is 0.412. The van der Waals surface area contributed by atoms with Gasteiger partial charge < -0.3 is 5.32 Å². The highest BCUT2D eigenvalue weighted by molar-refractivity contribution is 5.37. The zero-order chi connectivity index (χ0) is 14.5. The Morgan fingerprint density at radius 3 is 2.40 bits per heavy atom. The normalized spacial score (nSPS) is 10.8. The number of nitrogens with zero attached hydrogens (tertiary/aromatic N) is 2. The molecule has 0 unspecified atom stereocenters. The fourth-order valence-corrected chi connectivity index (χ4v) is 2.05. The van der Waals surface area contributed by atoms with Crippen molar-refractivity contribution in [2.45, 2.75) is 40.0 Å². The minimum Gasteiger partial charge on any atom is -0.370 e. The van der Waals surface area contributed by atoms with E-state index in [2.05, 4.69) is 67.2 Å². The van der Waals surface area contributed by atoms with Gasteiger partial charge in [-0.1, -0.05) is 43.7 Å². The average Bonchev–Trinajstić information content (AvgIpc) is 2.41. The third-order valence-electron chi connectivity index (χ3n) is 3.22. The van der Waals surface area contributed by atoms with E-state index in [9.17, 15) is 0 Å². The molecule has 1 aromatic heterocycles. The zero-order valence-corrected chi connectivity index (χ0v) is 12.8. The van der Waals surface area contributed by atoms with E-state index < -0.39 is 0 Å². The summed E-state index contributed by atoms with van der Waals surface area (Å²) in [6.07, 6.45) is 0.777. The zero-order valence-electron chi connectivity index (χ0n) is 12.8. The maximum atomic E-state index is 4.68. The maximum Gasteiger partial charge on any atom is 0.135 e. The van der Waals surface area contributed by atoms with Gasteiger partial charge in [-0.05, 0) is 25.3 Å². The number of rotatable bonds is 5. The quantitative estimate of drug-likeness (QED) is 0.893. The van der Waals surface area contributed by atoms with E-state index in [-0.39, 0.29) is 0 Å². The Kier molecular flexibility index (Phi) is 4.72. The van der Waals surface area contributed by atoms with E-state index in [1.807, 2.05) is 6.07 Å². The SMILES string of the molecule is CCNc1cc(C(C)C)nc(Cc2ccc(C)cc2)n1. The topological polar surface area (TPSA) is 37.8 Å². The Morgan fingerprint density at radius 1 is 1.10 bits per heavy atom. The first-order valence-corrected chi connectivity index (χ1v) is 7.25. The molecule has 106 valence electrons. The number of hydrogen-bond donors (Lipinski definition) is 1. The molecule has 0 aliphatic carbocycles. The van der Waals surface area contributed by atoms with E-state index in [1.54, 1.807) is 0 Å². The summed E-state index contributed by atoms with van der Waals surface area (Å²) in [5, 5.41) is 3.29. The smallest absolute Gasteiger partial charge is 0.135 e. The van der Waals surface area contributed by atoms with Gasteiger partial charge in [0.2, 0.25) is 0 Å². The molecule has 0 fully saturated rings. The molecule has 1 N–H and O–H groups in total. The lowest BCUT2D eigenvalue weighted by Crippen LogP contribution is -2.07. The Balaban J connectivity index is 2.27. The van der Waals surface area contributed by atoms with Crippen LogP contribution < -0.4 is 5.32 Å². The molecule has 1 heterocycles. The lowest BCUT2D eigenvalue weighted by Gasteiger charge is -2.11. The highest BCUT2D eigenvalue weighted by atomic mass is 15.0. The number of benzene rings is 1. The van der Waals surface area contributed by atoms with Crippen molar-refractivity contribution in [2.75, 3.05) is 11.9 Å². The second-order valence-electron chi connectivity index (χ2n) is 5.44. The predicted octanol–water partition coefficient (Wildman–Crippen LogP) is 3.93. The molecule has 0 saturated heterocycles. The van der Waals surface area contributed by atoms with Crippen LogP contribution in [0.4, 0.5) is 5.82 Å². The molecule has 3 nitrogen and oxygen atoms in total. The molecule has 0 aliphatic heterocycles. The van der Waals surface area contributed by atoms with Gasteiger partial charge >= 0.3 is 0 Å². The number of aromatic nitrogens is 2. The lowest BCUT2D eigenvalue weighted by molar-refractivity contribution is 0.792. The van der Waals surface area contributed by atoms with Gasteiger partial charge in [-0.15, -0.1) is 0 Å². The summed E-state index contributed by atoms with van der Waals surface area (Å²) >= 11 is 0. The molecular formula is C17H23N3. The highest BCUT2D eigenvalue weighted by Crippen LogP contribution is 2.17. The standard InChI is InChI=1S/C17H23N3/c1-5-18-16-11-15(12(2)3)19-17(20-16)10-14-8-6-13(4)7-9-14/h6-9,11-12H,5,10H2,1-4H3,(H,18,19,20). The molecular weight excluding hydrogens is 246 g/mol. The van der Waals surface area contributed by atoms with Crippen molar-refractivity contribution in [2.24, 2.45) is 0 Å². The first-order chi connectivity index (χ1) is 9.58. The van der Waals surface area contributed by atoms with Crippen molar-refractivity contribution in [1.82, 2.24) is 9.97 Å². The number of aryl methyl sites for hydroxylation is 1. The molecule has 0 atom stereocenters. The molecule has 3 heteroatoms. The van der Waals surface area contributed by atoms with Crippen molar-refractivity contribution in [3.63, 3.8) is 0 Å². The van der Waals surface area contributed by atoms with Crippen LogP contribution in [0, 0.1) is 6.92 Å². The largest absolute Gasteiger partial charge is 0.370 e. The van der Waals surface area contributed by atoms with Crippen LogP contribution in [0.2, 0.25) is 0 Å². The number of nitrogens with one attached hydrogen (secondary N) is 1. The van der Waals surface area contributed by atoms with Crippen molar-refractivity contribution < 1.29 is 0 Å². The van der Waals surface area contributed by atoms with Gasteiger partial charge in [-0.3, -0.25) is 0 Å². The maximum absolute atomic E-state index is 4.68. The third-order valence-corrected chi connectivity index (χ3v) is 3.22. The van der Waals surface area contributed by atoms with E-state index in [1.165, 1.54) is 11.1 Å². The molecule has 0 bridgehead atoms. The van der Waals surface area contributed by atoms with Crippen molar-refractivity contribution in [3.8, 4) is 0 Å². The summed E-state index contributed by atoms with van der Waals surface area (Å²) < 4.78 is 0. The molecule has 0 radical (unpaired) electrons. The van der Waals surface area contributed by atoms with Gasteiger partial charge in [0, 0.05) is 24.7 Å².